The molecule has 0 aliphatic heterocycles. The van der Waals surface area contributed by atoms with Gasteiger partial charge in [-0.05, 0) is 39.6 Å². The molecule has 0 fully saturated rings. The van der Waals surface area contributed by atoms with Crippen molar-refractivity contribution < 1.29 is 0 Å². The molecular weight excluding hydrogens is 228 g/mol. The van der Waals surface area contributed by atoms with E-state index in [1.165, 1.54) is 27.5 Å². The second-order valence-electron chi connectivity index (χ2n) is 5.08. The molecule has 4 rings (SSSR count). The Morgan fingerprint density at radius 1 is 0.684 bits per heavy atom. The van der Waals surface area contributed by atoms with Gasteiger partial charge in [-0.3, -0.25) is 0 Å². The molecule has 0 radical (unpaired) electrons. The lowest BCUT2D eigenvalue weighted by atomic mass is 9.91. The molecule has 1 unspecified atom stereocenters. The lowest BCUT2D eigenvalue weighted by Gasteiger charge is -2.12. The Hall–Kier alpha value is -2.34. The molecule has 0 spiro atoms. The summed E-state index contributed by atoms with van der Waals surface area (Å²) < 4.78 is 0. The third-order valence-corrected chi connectivity index (χ3v) is 3.91. The van der Waals surface area contributed by atoms with Crippen LogP contribution in [0.3, 0.4) is 0 Å². The van der Waals surface area contributed by atoms with Gasteiger partial charge in [-0.1, -0.05) is 66.7 Å². The molecule has 3 aromatic rings. The van der Waals surface area contributed by atoms with Crippen LogP contribution in [0.5, 0.6) is 0 Å². The van der Waals surface area contributed by atoms with E-state index in [1.807, 2.05) is 0 Å². The maximum Gasteiger partial charge on any atom is 0.0278 e. The molecule has 3 aromatic carbocycles. The first kappa shape index (κ1) is 10.6. The number of hydrogen-bond donors (Lipinski definition) is 0. The van der Waals surface area contributed by atoms with E-state index in [0.29, 0.717) is 5.92 Å². The van der Waals surface area contributed by atoms with E-state index in [4.69, 9.17) is 0 Å². The predicted octanol–water partition coefficient (Wildman–Crippen LogP) is 5.00. The maximum atomic E-state index is 2.34. The lowest BCUT2D eigenvalue weighted by Crippen LogP contribution is -1.95. The van der Waals surface area contributed by atoms with Gasteiger partial charge < -0.3 is 0 Å². The average molecular weight is 242 g/mol. The fourth-order valence-electron chi connectivity index (χ4n) is 2.94. The summed E-state index contributed by atoms with van der Waals surface area (Å²) >= 11 is 0. The summed E-state index contributed by atoms with van der Waals surface area (Å²) in [4.78, 5) is 0. The highest BCUT2D eigenvalue weighted by Gasteiger charge is 2.19. The van der Waals surface area contributed by atoms with Gasteiger partial charge in [0.25, 0.3) is 0 Å². The van der Waals surface area contributed by atoms with Crippen LogP contribution in [0.1, 0.15) is 22.6 Å². The molecule has 1 aliphatic carbocycles. The van der Waals surface area contributed by atoms with Gasteiger partial charge in [0, 0.05) is 5.92 Å². The van der Waals surface area contributed by atoms with Crippen LogP contribution in [0.15, 0.2) is 72.8 Å². The highest BCUT2D eigenvalue weighted by molar-refractivity contribution is 5.87. The Morgan fingerprint density at radius 3 is 2.16 bits per heavy atom. The number of allylic oxidation sites excluding steroid dienone is 1. The van der Waals surface area contributed by atoms with E-state index < -0.39 is 0 Å². The highest BCUT2D eigenvalue weighted by Crippen LogP contribution is 2.37. The van der Waals surface area contributed by atoms with Gasteiger partial charge in [0.15, 0.2) is 0 Å². The molecule has 19 heavy (non-hydrogen) atoms. The number of rotatable bonds is 1. The Balaban J connectivity index is 1.91. The standard InChI is InChI=1S/C19H14/c1-2-6-14(7-3-1)18-11-10-17-12-15-8-4-5-9-16(15)13-19(17)18/h1-13,18H. The molecule has 90 valence electrons. The first-order chi connectivity index (χ1) is 9.42. The van der Waals surface area contributed by atoms with Crippen LogP contribution in [0.25, 0.3) is 16.8 Å². The Morgan fingerprint density at radius 2 is 1.37 bits per heavy atom. The smallest absolute Gasteiger partial charge is 0.0278 e. The van der Waals surface area contributed by atoms with E-state index in [9.17, 15) is 0 Å². The van der Waals surface area contributed by atoms with Crippen molar-refractivity contribution in [1.29, 1.82) is 0 Å². The van der Waals surface area contributed by atoms with Crippen LogP contribution in [0.2, 0.25) is 0 Å². The number of fused-ring (bicyclic) bond motifs is 2. The Bertz CT molecular complexity index is 766. The topological polar surface area (TPSA) is 0 Å². The first-order valence-electron chi connectivity index (χ1n) is 6.68. The van der Waals surface area contributed by atoms with E-state index in [-0.39, 0.29) is 0 Å². The quantitative estimate of drug-likeness (QED) is 0.563. The molecule has 0 saturated carbocycles. The van der Waals surface area contributed by atoms with Crippen molar-refractivity contribution in [2.75, 3.05) is 0 Å². The summed E-state index contributed by atoms with van der Waals surface area (Å²) in [5, 5.41) is 2.64. The third kappa shape index (κ3) is 1.68. The normalized spacial score (nSPS) is 16.7. The van der Waals surface area contributed by atoms with Crippen molar-refractivity contribution in [3.63, 3.8) is 0 Å². The lowest BCUT2D eigenvalue weighted by molar-refractivity contribution is 1.05. The summed E-state index contributed by atoms with van der Waals surface area (Å²) in [6, 6.07) is 23.9. The fourth-order valence-corrected chi connectivity index (χ4v) is 2.94. The van der Waals surface area contributed by atoms with Crippen LogP contribution in [-0.2, 0) is 0 Å². The third-order valence-electron chi connectivity index (χ3n) is 3.91. The van der Waals surface area contributed by atoms with Gasteiger partial charge >= 0.3 is 0 Å². The van der Waals surface area contributed by atoms with E-state index in [2.05, 4.69) is 78.9 Å². The van der Waals surface area contributed by atoms with E-state index in [0.717, 1.165) is 0 Å². The second kappa shape index (κ2) is 4.10. The SMILES string of the molecule is C1=CC(c2ccccc2)c2cc3ccccc3cc21. The zero-order valence-electron chi connectivity index (χ0n) is 10.6. The summed E-state index contributed by atoms with van der Waals surface area (Å²) in [5.74, 6) is 0.404. The first-order valence-corrected chi connectivity index (χ1v) is 6.68. The van der Waals surface area contributed by atoms with Gasteiger partial charge in [-0.25, -0.2) is 0 Å². The van der Waals surface area contributed by atoms with Crippen LogP contribution in [0.4, 0.5) is 0 Å². The minimum atomic E-state index is 0.404. The molecule has 1 aliphatic rings. The maximum absolute atomic E-state index is 2.34. The molecule has 0 saturated heterocycles. The zero-order chi connectivity index (χ0) is 12.7. The molecule has 0 amide bonds. The van der Waals surface area contributed by atoms with Crippen molar-refractivity contribution in [1.82, 2.24) is 0 Å². The van der Waals surface area contributed by atoms with Crippen LogP contribution >= 0.6 is 0 Å². The van der Waals surface area contributed by atoms with E-state index >= 15 is 0 Å². The minimum Gasteiger partial charge on any atom is -0.0720 e. The number of benzene rings is 3. The van der Waals surface area contributed by atoms with Crippen LogP contribution in [-0.4, -0.2) is 0 Å². The van der Waals surface area contributed by atoms with Gasteiger partial charge in [0.2, 0.25) is 0 Å². The monoisotopic (exact) mass is 242 g/mol. The molecule has 0 nitrogen and oxygen atoms in total. The minimum absolute atomic E-state index is 0.404. The molecule has 0 aromatic heterocycles. The summed E-state index contributed by atoms with van der Waals surface area (Å²) in [5.41, 5.74) is 4.14. The van der Waals surface area contributed by atoms with E-state index in [1.54, 1.807) is 0 Å². The summed E-state index contributed by atoms with van der Waals surface area (Å²) in [7, 11) is 0. The molecule has 1 atom stereocenters. The van der Waals surface area contributed by atoms with Crippen molar-refractivity contribution in [3.05, 3.63) is 89.5 Å². The van der Waals surface area contributed by atoms with Crippen molar-refractivity contribution >= 4 is 16.8 Å². The second-order valence-corrected chi connectivity index (χ2v) is 5.08. The Labute approximate surface area is 113 Å². The Kier molecular flexibility index (Phi) is 2.28. The fraction of sp³-hybridized carbons (Fsp3) is 0.0526. The zero-order valence-corrected chi connectivity index (χ0v) is 10.6. The van der Waals surface area contributed by atoms with Gasteiger partial charge in [0.05, 0.1) is 0 Å². The molecule has 0 heteroatoms. The van der Waals surface area contributed by atoms with Crippen molar-refractivity contribution in [2.24, 2.45) is 0 Å². The number of hydrogen-bond acceptors (Lipinski definition) is 0. The van der Waals surface area contributed by atoms with Gasteiger partial charge in [-0.15, -0.1) is 0 Å². The molecule has 0 bridgehead atoms. The highest BCUT2D eigenvalue weighted by atomic mass is 14.2. The van der Waals surface area contributed by atoms with Crippen molar-refractivity contribution in [3.8, 4) is 0 Å². The van der Waals surface area contributed by atoms with Gasteiger partial charge in [-0.2, -0.15) is 0 Å². The van der Waals surface area contributed by atoms with Crippen molar-refractivity contribution in [2.45, 2.75) is 5.92 Å². The largest absolute Gasteiger partial charge is 0.0720 e. The predicted molar refractivity (Wildman–Crippen MR) is 81.3 cm³/mol. The van der Waals surface area contributed by atoms with Gasteiger partial charge in [0.1, 0.15) is 0 Å². The van der Waals surface area contributed by atoms with Crippen LogP contribution < -0.4 is 0 Å². The molecule has 0 heterocycles. The van der Waals surface area contributed by atoms with Crippen LogP contribution in [0, 0.1) is 0 Å². The average Bonchev–Trinajstić information content (AvgIpc) is 2.88. The molecule has 0 N–H and O–H groups in total. The summed E-state index contributed by atoms with van der Waals surface area (Å²) in [6.07, 6.45) is 4.55. The molecular formula is C19H14. The summed E-state index contributed by atoms with van der Waals surface area (Å²) in [6.45, 7) is 0.